The second kappa shape index (κ2) is 5.00. The van der Waals surface area contributed by atoms with Crippen LogP contribution >= 0.6 is 0 Å². The van der Waals surface area contributed by atoms with Crippen LogP contribution in [0.1, 0.15) is 28.7 Å². The topological polar surface area (TPSA) is 65.2 Å². The van der Waals surface area contributed by atoms with Gasteiger partial charge in [0.2, 0.25) is 5.82 Å². The van der Waals surface area contributed by atoms with E-state index in [1.165, 1.54) is 0 Å². The van der Waals surface area contributed by atoms with E-state index >= 15 is 0 Å². The number of carbonyl (C=O) groups is 1. The number of carbonyl (C=O) groups excluding carboxylic acids is 1. The highest BCUT2D eigenvalue weighted by atomic mass is 16.6. The van der Waals surface area contributed by atoms with E-state index in [1.54, 1.807) is 6.92 Å². The van der Waals surface area contributed by atoms with Crippen LogP contribution in [0.25, 0.3) is 11.4 Å². The van der Waals surface area contributed by atoms with Crippen LogP contribution < -0.4 is 0 Å². The van der Waals surface area contributed by atoms with E-state index < -0.39 is 5.97 Å². The molecule has 0 aliphatic rings. The first-order valence-electron chi connectivity index (χ1n) is 5.71. The largest absolute Gasteiger partial charge is 0.459 e. The summed E-state index contributed by atoms with van der Waals surface area (Å²) in [6.45, 7) is 5.98. The molecule has 0 saturated heterocycles. The highest BCUT2D eigenvalue weighted by Gasteiger charge is 2.18. The lowest BCUT2D eigenvalue weighted by Crippen LogP contribution is -2.04. The summed E-state index contributed by atoms with van der Waals surface area (Å²) in [6.07, 6.45) is 0. The van der Waals surface area contributed by atoms with E-state index in [0.29, 0.717) is 5.82 Å². The Balaban J connectivity index is 2.35. The van der Waals surface area contributed by atoms with Gasteiger partial charge in [-0.2, -0.15) is 4.98 Å². The van der Waals surface area contributed by atoms with Crippen molar-refractivity contribution < 1.29 is 14.1 Å². The minimum atomic E-state index is -0.596. The van der Waals surface area contributed by atoms with Crippen LogP contribution in [0.4, 0.5) is 0 Å². The number of esters is 1. The third-order valence-electron chi connectivity index (χ3n) is 2.72. The predicted molar refractivity (Wildman–Crippen MR) is 65.2 cm³/mol. The van der Waals surface area contributed by atoms with Gasteiger partial charge >= 0.3 is 11.9 Å². The van der Waals surface area contributed by atoms with Crippen molar-refractivity contribution in [1.29, 1.82) is 0 Å². The van der Waals surface area contributed by atoms with Crippen LogP contribution in [0.2, 0.25) is 0 Å². The van der Waals surface area contributed by atoms with Gasteiger partial charge in [-0.25, -0.2) is 4.79 Å². The lowest BCUT2D eigenvalue weighted by atomic mass is 10.0. The molecule has 0 aliphatic heterocycles. The van der Waals surface area contributed by atoms with Crippen LogP contribution in [0.3, 0.4) is 0 Å². The summed E-state index contributed by atoms with van der Waals surface area (Å²) in [5.74, 6) is -0.312. The molecular weight excluding hydrogens is 232 g/mol. The zero-order valence-corrected chi connectivity index (χ0v) is 10.6. The normalized spacial score (nSPS) is 10.4. The Morgan fingerprint density at radius 1 is 1.39 bits per heavy atom. The molecule has 5 nitrogen and oxygen atoms in total. The Morgan fingerprint density at radius 2 is 2.17 bits per heavy atom. The number of aromatic nitrogens is 2. The second-order valence-electron chi connectivity index (χ2n) is 3.89. The first kappa shape index (κ1) is 12.3. The Morgan fingerprint density at radius 3 is 2.89 bits per heavy atom. The zero-order chi connectivity index (χ0) is 13.1. The van der Waals surface area contributed by atoms with Crippen molar-refractivity contribution >= 4 is 5.97 Å². The summed E-state index contributed by atoms with van der Waals surface area (Å²) < 4.78 is 9.69. The summed E-state index contributed by atoms with van der Waals surface area (Å²) in [6, 6.07) is 5.81. The highest BCUT2D eigenvalue weighted by Crippen LogP contribution is 2.22. The Kier molecular flexibility index (Phi) is 3.41. The van der Waals surface area contributed by atoms with Crippen molar-refractivity contribution in [2.24, 2.45) is 0 Å². The van der Waals surface area contributed by atoms with Gasteiger partial charge in [-0.15, -0.1) is 0 Å². The van der Waals surface area contributed by atoms with Crippen molar-refractivity contribution in [2.45, 2.75) is 20.8 Å². The molecule has 0 amide bonds. The molecule has 1 heterocycles. The number of hydrogen-bond acceptors (Lipinski definition) is 5. The average Bonchev–Trinajstić information content (AvgIpc) is 2.82. The molecule has 0 N–H and O–H groups in total. The van der Waals surface area contributed by atoms with Crippen LogP contribution in [0.5, 0.6) is 0 Å². The van der Waals surface area contributed by atoms with Gasteiger partial charge in [0.15, 0.2) is 0 Å². The van der Waals surface area contributed by atoms with Gasteiger partial charge in [-0.1, -0.05) is 23.4 Å². The van der Waals surface area contributed by atoms with E-state index in [1.807, 2.05) is 32.0 Å². The van der Waals surface area contributed by atoms with Crippen molar-refractivity contribution in [3.8, 4) is 11.4 Å². The van der Waals surface area contributed by atoms with Gasteiger partial charge < -0.3 is 9.26 Å². The minimum absolute atomic E-state index is 0.118. The molecule has 2 rings (SSSR count). The molecule has 94 valence electrons. The standard InChI is InChI=1S/C13H14N2O3/c1-4-17-13(16)12-14-11(15-18-12)10-7-5-6-8(2)9(10)3/h5-7H,4H2,1-3H3. The maximum Gasteiger partial charge on any atom is 0.397 e. The van der Waals surface area contributed by atoms with Crippen molar-refractivity contribution in [1.82, 2.24) is 10.1 Å². The van der Waals surface area contributed by atoms with Gasteiger partial charge in [0.05, 0.1) is 6.61 Å². The van der Waals surface area contributed by atoms with E-state index in [2.05, 4.69) is 10.1 Å². The van der Waals surface area contributed by atoms with Crippen molar-refractivity contribution in [3.05, 3.63) is 35.2 Å². The molecule has 1 aromatic carbocycles. The fourth-order valence-corrected chi connectivity index (χ4v) is 1.60. The fraction of sp³-hybridized carbons (Fsp3) is 0.308. The summed E-state index contributed by atoms with van der Waals surface area (Å²) in [4.78, 5) is 15.5. The van der Waals surface area contributed by atoms with Gasteiger partial charge in [0, 0.05) is 5.56 Å². The quantitative estimate of drug-likeness (QED) is 0.778. The summed E-state index contributed by atoms with van der Waals surface area (Å²) in [5.41, 5.74) is 3.05. The van der Waals surface area contributed by atoms with Crippen LogP contribution in [-0.2, 0) is 4.74 Å². The Bertz CT molecular complexity index is 575. The smallest absolute Gasteiger partial charge is 0.397 e. The molecule has 0 atom stereocenters. The molecule has 0 unspecified atom stereocenters. The number of nitrogens with zero attached hydrogens (tertiary/aromatic N) is 2. The average molecular weight is 246 g/mol. The third-order valence-corrected chi connectivity index (χ3v) is 2.72. The molecule has 18 heavy (non-hydrogen) atoms. The van der Waals surface area contributed by atoms with E-state index in [4.69, 9.17) is 9.26 Å². The number of ether oxygens (including phenoxy) is 1. The maximum absolute atomic E-state index is 11.4. The molecule has 0 bridgehead atoms. The number of aryl methyl sites for hydroxylation is 1. The maximum atomic E-state index is 11.4. The van der Waals surface area contributed by atoms with Gasteiger partial charge in [-0.05, 0) is 31.9 Å². The number of hydrogen-bond donors (Lipinski definition) is 0. The Labute approximate surface area is 105 Å². The SMILES string of the molecule is CCOC(=O)c1nc(-c2cccc(C)c2C)no1. The molecule has 0 spiro atoms. The zero-order valence-electron chi connectivity index (χ0n) is 10.6. The summed E-state index contributed by atoms with van der Waals surface area (Å²) >= 11 is 0. The molecule has 0 saturated carbocycles. The lowest BCUT2D eigenvalue weighted by molar-refractivity contribution is 0.0470. The molecule has 0 radical (unpaired) electrons. The molecule has 1 aromatic heterocycles. The number of benzene rings is 1. The van der Waals surface area contributed by atoms with E-state index in [0.717, 1.165) is 16.7 Å². The first-order chi connectivity index (χ1) is 8.63. The first-order valence-corrected chi connectivity index (χ1v) is 5.71. The molecule has 0 aliphatic carbocycles. The second-order valence-corrected chi connectivity index (χ2v) is 3.89. The summed E-state index contributed by atoms with van der Waals surface area (Å²) in [5, 5.41) is 3.80. The van der Waals surface area contributed by atoms with Gasteiger partial charge in [0.25, 0.3) is 0 Å². The predicted octanol–water partition coefficient (Wildman–Crippen LogP) is 2.53. The van der Waals surface area contributed by atoms with Gasteiger partial charge in [-0.3, -0.25) is 0 Å². The monoisotopic (exact) mass is 246 g/mol. The Hall–Kier alpha value is -2.17. The fourth-order valence-electron chi connectivity index (χ4n) is 1.60. The van der Waals surface area contributed by atoms with Crippen molar-refractivity contribution in [3.63, 3.8) is 0 Å². The molecular formula is C13H14N2O3. The molecule has 2 aromatic rings. The number of rotatable bonds is 3. The van der Waals surface area contributed by atoms with Gasteiger partial charge in [0.1, 0.15) is 0 Å². The molecule has 5 heteroatoms. The minimum Gasteiger partial charge on any atom is -0.459 e. The highest BCUT2D eigenvalue weighted by molar-refractivity contribution is 5.84. The van der Waals surface area contributed by atoms with E-state index in [9.17, 15) is 4.79 Å². The van der Waals surface area contributed by atoms with E-state index in [-0.39, 0.29) is 12.5 Å². The van der Waals surface area contributed by atoms with Crippen LogP contribution in [-0.4, -0.2) is 22.7 Å². The third kappa shape index (κ3) is 2.25. The summed E-state index contributed by atoms with van der Waals surface area (Å²) in [7, 11) is 0. The van der Waals surface area contributed by atoms with Crippen molar-refractivity contribution in [2.75, 3.05) is 6.61 Å². The lowest BCUT2D eigenvalue weighted by Gasteiger charge is -2.03. The van der Waals surface area contributed by atoms with Crippen LogP contribution in [0, 0.1) is 13.8 Å². The molecule has 0 fully saturated rings. The van der Waals surface area contributed by atoms with Crippen LogP contribution in [0.15, 0.2) is 22.7 Å².